The van der Waals surface area contributed by atoms with Crippen molar-refractivity contribution in [1.82, 2.24) is 5.32 Å². The Labute approximate surface area is 124 Å². The summed E-state index contributed by atoms with van der Waals surface area (Å²) in [6.07, 6.45) is 1.26. The number of aliphatic carboxylic acids is 1. The fourth-order valence-electron chi connectivity index (χ4n) is 1.89. The number of nitrogens with zero attached hydrogens (tertiary/aromatic N) is 2. The lowest BCUT2D eigenvalue weighted by molar-refractivity contribution is -0.141. The molecule has 6 nitrogen and oxygen atoms in total. The summed E-state index contributed by atoms with van der Waals surface area (Å²) in [5, 5.41) is 20.5. The molecule has 6 heteroatoms. The zero-order chi connectivity index (χ0) is 15.8. The lowest BCUT2D eigenvalue weighted by Crippen LogP contribution is -2.41. The summed E-state index contributed by atoms with van der Waals surface area (Å²) >= 11 is 0. The molecule has 2 N–H and O–H groups in total. The van der Waals surface area contributed by atoms with Gasteiger partial charge < -0.3 is 10.4 Å². The SMILES string of the molecule is CCCC(CNC(=O)N(C)c1cccc(C#N)c1)C(=O)O. The number of carbonyl (C=O) groups is 2. The van der Waals surface area contributed by atoms with Crippen molar-refractivity contribution in [2.75, 3.05) is 18.5 Å². The maximum absolute atomic E-state index is 12.0. The van der Waals surface area contributed by atoms with Crippen LogP contribution in [0, 0.1) is 17.2 Å². The van der Waals surface area contributed by atoms with E-state index in [4.69, 9.17) is 10.4 Å². The summed E-state index contributed by atoms with van der Waals surface area (Å²) in [6, 6.07) is 8.26. The van der Waals surface area contributed by atoms with Crippen LogP contribution in [0.25, 0.3) is 0 Å². The highest BCUT2D eigenvalue weighted by Gasteiger charge is 2.19. The van der Waals surface area contributed by atoms with E-state index in [1.54, 1.807) is 31.3 Å². The van der Waals surface area contributed by atoms with Crippen LogP contribution in [-0.2, 0) is 4.79 Å². The van der Waals surface area contributed by atoms with Gasteiger partial charge in [0.1, 0.15) is 0 Å². The van der Waals surface area contributed by atoms with Gasteiger partial charge in [0.25, 0.3) is 0 Å². The van der Waals surface area contributed by atoms with Crippen molar-refractivity contribution in [3.63, 3.8) is 0 Å². The van der Waals surface area contributed by atoms with Crippen LogP contribution in [-0.4, -0.2) is 30.7 Å². The number of anilines is 1. The summed E-state index contributed by atoms with van der Waals surface area (Å²) in [7, 11) is 1.57. The molecule has 1 atom stereocenters. The minimum absolute atomic E-state index is 0.0876. The van der Waals surface area contributed by atoms with Gasteiger partial charge in [0, 0.05) is 19.3 Å². The number of carbonyl (C=O) groups excluding carboxylic acids is 1. The molecule has 0 aromatic heterocycles. The van der Waals surface area contributed by atoms with Crippen molar-refractivity contribution < 1.29 is 14.7 Å². The van der Waals surface area contributed by atoms with E-state index in [9.17, 15) is 9.59 Å². The number of urea groups is 1. The van der Waals surface area contributed by atoms with Gasteiger partial charge in [-0.05, 0) is 24.6 Å². The first-order valence-electron chi connectivity index (χ1n) is 6.74. The predicted molar refractivity (Wildman–Crippen MR) is 79.0 cm³/mol. The third kappa shape index (κ3) is 4.80. The van der Waals surface area contributed by atoms with Gasteiger partial charge in [0.05, 0.1) is 17.6 Å². The maximum atomic E-state index is 12.0. The molecule has 0 aliphatic heterocycles. The fraction of sp³-hybridized carbons (Fsp3) is 0.400. The smallest absolute Gasteiger partial charge is 0.321 e. The molecule has 2 amide bonds. The van der Waals surface area contributed by atoms with Gasteiger partial charge >= 0.3 is 12.0 Å². The molecule has 1 rings (SSSR count). The van der Waals surface area contributed by atoms with Crippen molar-refractivity contribution in [2.45, 2.75) is 19.8 Å². The first-order valence-corrected chi connectivity index (χ1v) is 6.74. The number of amides is 2. The summed E-state index contributed by atoms with van der Waals surface area (Å²) in [5.74, 6) is -1.50. The molecule has 0 spiro atoms. The van der Waals surface area contributed by atoms with Crippen LogP contribution >= 0.6 is 0 Å². The Hall–Kier alpha value is -2.55. The second-order valence-electron chi connectivity index (χ2n) is 4.73. The van der Waals surface area contributed by atoms with Crippen LogP contribution in [0.1, 0.15) is 25.3 Å². The van der Waals surface area contributed by atoms with E-state index in [-0.39, 0.29) is 6.54 Å². The van der Waals surface area contributed by atoms with Crippen molar-refractivity contribution in [1.29, 1.82) is 5.26 Å². The van der Waals surface area contributed by atoms with Crippen molar-refractivity contribution >= 4 is 17.7 Å². The van der Waals surface area contributed by atoms with Crippen LogP contribution in [0.15, 0.2) is 24.3 Å². The average molecular weight is 289 g/mol. The van der Waals surface area contributed by atoms with E-state index in [0.29, 0.717) is 17.7 Å². The molecular weight excluding hydrogens is 270 g/mol. The number of benzene rings is 1. The highest BCUT2D eigenvalue weighted by Crippen LogP contribution is 2.14. The number of nitrogens with one attached hydrogen (secondary N) is 1. The van der Waals surface area contributed by atoms with Gasteiger partial charge in [-0.15, -0.1) is 0 Å². The molecule has 0 aliphatic rings. The van der Waals surface area contributed by atoms with Crippen LogP contribution < -0.4 is 10.2 Å². The Morgan fingerprint density at radius 1 is 1.48 bits per heavy atom. The molecule has 1 unspecified atom stereocenters. The summed E-state index contributed by atoms with van der Waals surface area (Å²) < 4.78 is 0. The summed E-state index contributed by atoms with van der Waals surface area (Å²) in [4.78, 5) is 24.4. The predicted octanol–water partition coefficient (Wildman–Crippen LogP) is 2.20. The largest absolute Gasteiger partial charge is 0.481 e. The second-order valence-corrected chi connectivity index (χ2v) is 4.73. The normalized spacial score (nSPS) is 11.3. The lowest BCUT2D eigenvalue weighted by Gasteiger charge is -2.20. The monoisotopic (exact) mass is 289 g/mol. The third-order valence-electron chi connectivity index (χ3n) is 3.15. The molecule has 1 aromatic carbocycles. The first kappa shape index (κ1) is 16.5. The van der Waals surface area contributed by atoms with E-state index in [0.717, 1.165) is 6.42 Å². The minimum Gasteiger partial charge on any atom is -0.481 e. The molecule has 0 bridgehead atoms. The Balaban J connectivity index is 2.66. The Bertz CT molecular complexity index is 551. The van der Waals surface area contributed by atoms with Crippen LogP contribution in [0.4, 0.5) is 10.5 Å². The number of carboxylic acid groups (broad SMARTS) is 1. The van der Waals surface area contributed by atoms with Crippen LogP contribution in [0.3, 0.4) is 0 Å². The van der Waals surface area contributed by atoms with Gasteiger partial charge in [-0.2, -0.15) is 5.26 Å². The average Bonchev–Trinajstić information content (AvgIpc) is 2.50. The van der Waals surface area contributed by atoms with E-state index in [1.165, 1.54) is 4.90 Å². The third-order valence-corrected chi connectivity index (χ3v) is 3.15. The molecule has 21 heavy (non-hydrogen) atoms. The Morgan fingerprint density at radius 2 is 2.19 bits per heavy atom. The molecule has 0 heterocycles. The van der Waals surface area contributed by atoms with Crippen molar-refractivity contribution in [3.8, 4) is 6.07 Å². The molecular formula is C15H19N3O3. The van der Waals surface area contributed by atoms with Crippen molar-refractivity contribution in [2.24, 2.45) is 5.92 Å². The number of rotatable bonds is 6. The molecule has 0 radical (unpaired) electrons. The van der Waals surface area contributed by atoms with Crippen molar-refractivity contribution in [3.05, 3.63) is 29.8 Å². The van der Waals surface area contributed by atoms with Crippen LogP contribution in [0.2, 0.25) is 0 Å². The van der Waals surface area contributed by atoms with E-state index < -0.39 is 17.9 Å². The summed E-state index contributed by atoms with van der Waals surface area (Å²) in [5.41, 5.74) is 1.04. The molecule has 0 saturated carbocycles. The van der Waals surface area contributed by atoms with E-state index >= 15 is 0 Å². The number of nitriles is 1. The first-order chi connectivity index (χ1) is 9.99. The van der Waals surface area contributed by atoms with Gasteiger partial charge in [-0.3, -0.25) is 9.69 Å². The fourth-order valence-corrected chi connectivity index (χ4v) is 1.89. The zero-order valence-electron chi connectivity index (χ0n) is 12.2. The second kappa shape index (κ2) is 7.90. The number of hydrogen-bond acceptors (Lipinski definition) is 3. The van der Waals surface area contributed by atoms with Gasteiger partial charge in [0.15, 0.2) is 0 Å². The molecule has 0 saturated heterocycles. The van der Waals surface area contributed by atoms with Gasteiger partial charge in [-0.1, -0.05) is 19.4 Å². The highest BCUT2D eigenvalue weighted by molar-refractivity contribution is 5.91. The Kier molecular flexibility index (Phi) is 6.21. The quantitative estimate of drug-likeness (QED) is 0.839. The molecule has 1 aromatic rings. The molecule has 112 valence electrons. The van der Waals surface area contributed by atoms with Gasteiger partial charge in [-0.25, -0.2) is 4.79 Å². The van der Waals surface area contributed by atoms with Gasteiger partial charge in [0.2, 0.25) is 0 Å². The number of hydrogen-bond donors (Lipinski definition) is 2. The lowest BCUT2D eigenvalue weighted by atomic mass is 10.0. The van der Waals surface area contributed by atoms with E-state index in [1.807, 2.05) is 13.0 Å². The Morgan fingerprint density at radius 3 is 2.76 bits per heavy atom. The number of carboxylic acids is 1. The zero-order valence-corrected chi connectivity index (χ0v) is 12.2. The molecule has 0 fully saturated rings. The standard InChI is InChI=1S/C15H19N3O3/c1-3-5-12(14(19)20)10-17-15(21)18(2)13-7-4-6-11(8-13)9-16/h4,6-8,12H,3,5,10H2,1-2H3,(H,17,21)(H,19,20). The minimum atomic E-state index is -0.911. The topological polar surface area (TPSA) is 93.4 Å². The van der Waals surface area contributed by atoms with E-state index in [2.05, 4.69) is 5.32 Å². The summed E-state index contributed by atoms with van der Waals surface area (Å²) in [6.45, 7) is 1.99. The van der Waals surface area contributed by atoms with Crippen LogP contribution in [0.5, 0.6) is 0 Å². The maximum Gasteiger partial charge on any atom is 0.321 e. The molecule has 0 aliphatic carbocycles. The highest BCUT2D eigenvalue weighted by atomic mass is 16.4.